The molecule has 0 fully saturated rings. The number of urea groups is 1. The maximum absolute atomic E-state index is 11.1. The Hall–Kier alpha value is -1.63. The molecule has 7 heteroatoms. The third-order valence-corrected chi connectivity index (χ3v) is 1.68. The fraction of sp³-hybridized carbons (Fsp3) is 0.667. The molecule has 0 heterocycles. The molecule has 16 heavy (non-hydrogen) atoms. The lowest BCUT2D eigenvalue weighted by molar-refractivity contribution is -0.143. The molecular formula is C9H17N3O4. The number of hydrogen-bond acceptors (Lipinski definition) is 5. The average molecular weight is 231 g/mol. The molecule has 0 radical (unpaired) electrons. The highest BCUT2D eigenvalue weighted by molar-refractivity contribution is 5.94. The van der Waals surface area contributed by atoms with E-state index in [-0.39, 0.29) is 18.9 Å². The number of carbonyl (C=O) groups is 3. The van der Waals surface area contributed by atoms with E-state index >= 15 is 0 Å². The van der Waals surface area contributed by atoms with Crippen LogP contribution < -0.4 is 11.1 Å². The van der Waals surface area contributed by atoms with Crippen LogP contribution in [-0.2, 0) is 14.3 Å². The minimum absolute atomic E-state index is 0.00233. The van der Waals surface area contributed by atoms with Crippen LogP contribution in [0.1, 0.15) is 13.3 Å². The van der Waals surface area contributed by atoms with Crippen molar-refractivity contribution in [3.8, 4) is 0 Å². The van der Waals surface area contributed by atoms with Crippen molar-refractivity contribution in [1.82, 2.24) is 10.2 Å². The van der Waals surface area contributed by atoms with Gasteiger partial charge >= 0.3 is 12.0 Å². The van der Waals surface area contributed by atoms with Crippen LogP contribution >= 0.6 is 0 Å². The highest BCUT2D eigenvalue weighted by atomic mass is 16.5. The second-order valence-corrected chi connectivity index (χ2v) is 3.21. The van der Waals surface area contributed by atoms with E-state index in [2.05, 4.69) is 0 Å². The molecule has 0 unspecified atom stereocenters. The summed E-state index contributed by atoms with van der Waals surface area (Å²) >= 11 is 0. The van der Waals surface area contributed by atoms with Gasteiger partial charge in [-0.1, -0.05) is 0 Å². The van der Waals surface area contributed by atoms with Crippen LogP contribution in [-0.4, -0.2) is 49.6 Å². The topological polar surface area (TPSA) is 102 Å². The molecule has 0 aliphatic carbocycles. The molecular weight excluding hydrogens is 214 g/mol. The van der Waals surface area contributed by atoms with Gasteiger partial charge in [0.05, 0.1) is 19.6 Å². The third kappa shape index (κ3) is 7.74. The minimum Gasteiger partial charge on any atom is -0.466 e. The van der Waals surface area contributed by atoms with Crippen LogP contribution in [0, 0.1) is 0 Å². The van der Waals surface area contributed by atoms with Crippen LogP contribution in [0.3, 0.4) is 0 Å². The Morgan fingerprint density at radius 3 is 2.50 bits per heavy atom. The quantitative estimate of drug-likeness (QED) is 0.575. The van der Waals surface area contributed by atoms with Crippen molar-refractivity contribution in [2.75, 3.05) is 26.7 Å². The van der Waals surface area contributed by atoms with Gasteiger partial charge in [-0.25, -0.2) is 4.79 Å². The highest BCUT2D eigenvalue weighted by Gasteiger charge is 2.10. The van der Waals surface area contributed by atoms with E-state index in [0.717, 1.165) is 0 Å². The van der Waals surface area contributed by atoms with Crippen LogP contribution in [0.15, 0.2) is 0 Å². The number of imide groups is 1. The predicted octanol–water partition coefficient (Wildman–Crippen LogP) is -0.934. The molecule has 0 saturated carbocycles. The number of nitrogens with two attached hydrogens (primary N) is 1. The molecule has 7 nitrogen and oxygen atoms in total. The third-order valence-electron chi connectivity index (χ3n) is 1.68. The molecule has 0 atom stereocenters. The Balaban J connectivity index is 3.73. The second kappa shape index (κ2) is 7.63. The van der Waals surface area contributed by atoms with Gasteiger partial charge in [0, 0.05) is 6.54 Å². The fourth-order valence-electron chi connectivity index (χ4n) is 1.02. The predicted molar refractivity (Wildman–Crippen MR) is 56.5 cm³/mol. The number of likely N-dealkylation sites (N-methyl/N-ethyl adjacent to an activating group) is 1. The first-order chi connectivity index (χ1) is 7.45. The average Bonchev–Trinajstić information content (AvgIpc) is 2.13. The summed E-state index contributed by atoms with van der Waals surface area (Å²) in [5.41, 5.74) is 4.77. The Bertz CT molecular complexity index is 267. The van der Waals surface area contributed by atoms with Crippen molar-refractivity contribution in [1.29, 1.82) is 0 Å². The van der Waals surface area contributed by atoms with Gasteiger partial charge < -0.3 is 10.5 Å². The van der Waals surface area contributed by atoms with Crippen molar-refractivity contribution in [3.05, 3.63) is 0 Å². The maximum Gasteiger partial charge on any atom is 0.318 e. The highest BCUT2D eigenvalue weighted by Crippen LogP contribution is 1.90. The summed E-state index contributed by atoms with van der Waals surface area (Å²) in [6.07, 6.45) is 0.203. The van der Waals surface area contributed by atoms with Crippen LogP contribution in [0.2, 0.25) is 0 Å². The molecule has 0 aliphatic rings. The molecule has 0 saturated heterocycles. The Kier molecular flexibility index (Phi) is 6.86. The number of primary amides is 1. The van der Waals surface area contributed by atoms with Gasteiger partial charge in [0.1, 0.15) is 0 Å². The SMILES string of the molecule is CCOC(=O)CCN(C)CC(=O)NC(N)=O. The molecule has 3 amide bonds. The number of rotatable bonds is 6. The summed E-state index contributed by atoms with van der Waals surface area (Å²) in [7, 11) is 1.65. The Morgan fingerprint density at radius 1 is 1.38 bits per heavy atom. The van der Waals surface area contributed by atoms with Gasteiger partial charge in [-0.15, -0.1) is 0 Å². The normalized spacial score (nSPS) is 9.94. The molecule has 0 spiro atoms. The molecule has 92 valence electrons. The first kappa shape index (κ1) is 14.4. The largest absolute Gasteiger partial charge is 0.466 e. The molecule has 0 aromatic heterocycles. The number of nitrogens with zero attached hydrogens (tertiary/aromatic N) is 1. The van der Waals surface area contributed by atoms with Gasteiger partial charge in [-0.3, -0.25) is 19.8 Å². The number of ether oxygens (including phenoxy) is 1. The number of esters is 1. The minimum atomic E-state index is -0.885. The van der Waals surface area contributed by atoms with E-state index in [1.807, 2.05) is 5.32 Å². The number of carbonyl (C=O) groups excluding carboxylic acids is 3. The summed E-state index contributed by atoms with van der Waals surface area (Å²) in [4.78, 5) is 34.0. The zero-order chi connectivity index (χ0) is 12.6. The van der Waals surface area contributed by atoms with Crippen LogP contribution in [0.4, 0.5) is 4.79 Å². The van der Waals surface area contributed by atoms with E-state index in [1.165, 1.54) is 0 Å². The van der Waals surface area contributed by atoms with Gasteiger partial charge in [0.2, 0.25) is 5.91 Å². The summed E-state index contributed by atoms with van der Waals surface area (Å²) in [5.74, 6) is -0.816. The standard InChI is InChI=1S/C9H17N3O4/c1-3-16-8(14)4-5-12(2)6-7(13)11-9(10)15/h3-6H2,1-2H3,(H3,10,11,13,15). The monoisotopic (exact) mass is 231 g/mol. The Morgan fingerprint density at radius 2 is 2.00 bits per heavy atom. The zero-order valence-corrected chi connectivity index (χ0v) is 9.49. The van der Waals surface area contributed by atoms with Gasteiger partial charge in [-0.05, 0) is 14.0 Å². The summed E-state index contributed by atoms with van der Waals surface area (Å²) in [5, 5.41) is 1.93. The maximum atomic E-state index is 11.1. The lowest BCUT2D eigenvalue weighted by Crippen LogP contribution is -2.41. The van der Waals surface area contributed by atoms with Crippen molar-refractivity contribution >= 4 is 17.9 Å². The van der Waals surface area contributed by atoms with E-state index in [1.54, 1.807) is 18.9 Å². The summed E-state index contributed by atoms with van der Waals surface area (Å²) < 4.78 is 4.72. The first-order valence-electron chi connectivity index (χ1n) is 4.89. The van der Waals surface area contributed by atoms with Crippen molar-refractivity contribution in [2.45, 2.75) is 13.3 Å². The van der Waals surface area contributed by atoms with Crippen molar-refractivity contribution in [3.63, 3.8) is 0 Å². The molecule has 0 bridgehead atoms. The second-order valence-electron chi connectivity index (χ2n) is 3.21. The Labute approximate surface area is 93.9 Å². The van der Waals surface area contributed by atoms with E-state index in [4.69, 9.17) is 10.5 Å². The molecule has 0 rings (SSSR count). The number of amides is 3. The lowest BCUT2D eigenvalue weighted by atomic mass is 10.4. The van der Waals surface area contributed by atoms with Gasteiger partial charge in [0.25, 0.3) is 0 Å². The smallest absolute Gasteiger partial charge is 0.318 e. The van der Waals surface area contributed by atoms with Gasteiger partial charge in [0.15, 0.2) is 0 Å². The summed E-state index contributed by atoms with van der Waals surface area (Å²) in [6.45, 7) is 2.44. The van der Waals surface area contributed by atoms with E-state index in [0.29, 0.717) is 13.2 Å². The van der Waals surface area contributed by atoms with Gasteiger partial charge in [-0.2, -0.15) is 0 Å². The van der Waals surface area contributed by atoms with Crippen molar-refractivity contribution in [2.24, 2.45) is 5.73 Å². The zero-order valence-electron chi connectivity index (χ0n) is 9.49. The van der Waals surface area contributed by atoms with E-state index < -0.39 is 11.9 Å². The molecule has 0 aromatic carbocycles. The van der Waals surface area contributed by atoms with Crippen molar-refractivity contribution < 1.29 is 19.1 Å². The molecule has 0 aromatic rings. The molecule has 0 aliphatic heterocycles. The first-order valence-corrected chi connectivity index (χ1v) is 4.89. The summed E-state index contributed by atoms with van der Waals surface area (Å²) in [6, 6.07) is -0.885. The van der Waals surface area contributed by atoms with Crippen LogP contribution in [0.25, 0.3) is 0 Å². The van der Waals surface area contributed by atoms with Crippen LogP contribution in [0.5, 0.6) is 0 Å². The lowest BCUT2D eigenvalue weighted by Gasteiger charge is -2.14. The fourth-order valence-corrected chi connectivity index (χ4v) is 1.02. The van der Waals surface area contributed by atoms with E-state index in [9.17, 15) is 14.4 Å². The number of nitrogens with one attached hydrogen (secondary N) is 1. The number of hydrogen-bond donors (Lipinski definition) is 2. The molecule has 3 N–H and O–H groups in total.